The molecule has 1 heterocycles. The minimum Gasteiger partial charge on any atom is -0.402 e. The highest BCUT2D eigenvalue weighted by atomic mass is 14.7. The molecular weight excluding hydrogens is 284 g/mol. The molecule has 1 aromatic rings. The highest BCUT2D eigenvalue weighted by molar-refractivity contribution is 6.24. The average molecular weight is 314 g/mol. The molecule has 0 atom stereocenters. The second kappa shape index (κ2) is 16.0. The molecule has 0 radical (unpaired) electrons. The van der Waals surface area contributed by atoms with Crippen molar-refractivity contribution in [3.63, 3.8) is 0 Å². The summed E-state index contributed by atoms with van der Waals surface area (Å²) in [6, 6.07) is 3.70. The average Bonchev–Trinajstić information content (AvgIpc) is 2.61. The first kappa shape index (κ1) is 22.9. The van der Waals surface area contributed by atoms with Gasteiger partial charge in [-0.3, -0.25) is 15.0 Å². The minimum atomic E-state index is 0.648. The zero-order valence-electron chi connectivity index (χ0n) is 15.5. The van der Waals surface area contributed by atoms with Crippen LogP contribution >= 0.6 is 0 Å². The second-order valence-corrected chi connectivity index (χ2v) is 3.79. The van der Waals surface area contributed by atoms with Gasteiger partial charge in [-0.1, -0.05) is 33.6 Å². The maximum Gasteiger partial charge on any atom is 0.118 e. The molecule has 126 valence electrons. The van der Waals surface area contributed by atoms with Crippen LogP contribution < -0.4 is 5.73 Å². The van der Waals surface area contributed by atoms with Gasteiger partial charge >= 0.3 is 0 Å². The molecule has 0 unspecified atom stereocenters. The van der Waals surface area contributed by atoms with Gasteiger partial charge in [0.15, 0.2) is 0 Å². The monoisotopic (exact) mass is 314 g/mol. The third-order valence-corrected chi connectivity index (χ3v) is 2.26. The Bertz CT molecular complexity index is 554. The molecule has 0 amide bonds. The Morgan fingerprint density at radius 2 is 1.78 bits per heavy atom. The van der Waals surface area contributed by atoms with E-state index in [0.29, 0.717) is 18.0 Å². The van der Waals surface area contributed by atoms with Crippen molar-refractivity contribution < 1.29 is 0 Å². The van der Waals surface area contributed by atoms with Crippen LogP contribution in [-0.4, -0.2) is 30.5 Å². The highest BCUT2D eigenvalue weighted by Gasteiger charge is 2.04. The third kappa shape index (κ3) is 10.0. The Labute approximate surface area is 141 Å². The van der Waals surface area contributed by atoms with Crippen molar-refractivity contribution in [3.05, 3.63) is 41.4 Å². The molecule has 23 heavy (non-hydrogen) atoms. The van der Waals surface area contributed by atoms with Crippen LogP contribution in [0.5, 0.6) is 0 Å². The van der Waals surface area contributed by atoms with Gasteiger partial charge in [0.05, 0.1) is 0 Å². The van der Waals surface area contributed by atoms with Gasteiger partial charge < -0.3 is 5.73 Å². The SMILES string of the molecule is CC.CC.CCN=C(C#Cc1ccncc1)/C(C=NC)=C(\C)N. The number of aromatic nitrogens is 1. The Hall–Kier alpha value is -2.41. The van der Waals surface area contributed by atoms with Crippen molar-refractivity contribution in [2.24, 2.45) is 15.7 Å². The van der Waals surface area contributed by atoms with Gasteiger partial charge in [0.25, 0.3) is 0 Å². The van der Waals surface area contributed by atoms with Crippen molar-refractivity contribution in [1.82, 2.24) is 4.98 Å². The molecule has 0 aliphatic heterocycles. The summed E-state index contributed by atoms with van der Waals surface area (Å²) in [5.74, 6) is 6.10. The number of allylic oxidation sites excluding steroid dienone is 2. The van der Waals surface area contributed by atoms with Crippen molar-refractivity contribution in [2.75, 3.05) is 13.6 Å². The van der Waals surface area contributed by atoms with Crippen molar-refractivity contribution in [3.8, 4) is 11.8 Å². The zero-order valence-corrected chi connectivity index (χ0v) is 15.5. The van der Waals surface area contributed by atoms with Crippen LogP contribution in [0.1, 0.15) is 47.1 Å². The fourth-order valence-corrected chi connectivity index (χ4v) is 1.40. The van der Waals surface area contributed by atoms with E-state index in [9.17, 15) is 0 Å². The van der Waals surface area contributed by atoms with Crippen molar-refractivity contribution >= 4 is 11.9 Å². The predicted octanol–water partition coefficient (Wildman–Crippen LogP) is 3.88. The van der Waals surface area contributed by atoms with E-state index in [1.165, 1.54) is 0 Å². The standard InChI is InChI=1S/C15H18N4.2C2H6/c1-4-19-15(14(11-17-3)12(2)16)6-5-13-7-9-18-10-8-13;2*1-2/h7-11H,4,16H2,1-3H3;2*1-2H3/b14-12+,17-11?,19-15?;;. The van der Waals surface area contributed by atoms with Crippen LogP contribution in [0, 0.1) is 11.8 Å². The molecule has 0 saturated heterocycles. The van der Waals surface area contributed by atoms with E-state index < -0.39 is 0 Å². The van der Waals surface area contributed by atoms with E-state index in [1.54, 1.807) is 25.7 Å². The largest absolute Gasteiger partial charge is 0.402 e. The zero-order chi connectivity index (χ0) is 18.1. The molecule has 0 aliphatic carbocycles. The number of aliphatic imine (C=N–C) groups is 2. The normalized spacial score (nSPS) is 11.2. The summed E-state index contributed by atoms with van der Waals surface area (Å²) >= 11 is 0. The van der Waals surface area contributed by atoms with E-state index in [1.807, 2.05) is 53.7 Å². The van der Waals surface area contributed by atoms with E-state index in [4.69, 9.17) is 5.73 Å². The van der Waals surface area contributed by atoms with E-state index in [2.05, 4.69) is 26.8 Å². The fourth-order valence-electron chi connectivity index (χ4n) is 1.40. The molecule has 1 rings (SSSR count). The second-order valence-electron chi connectivity index (χ2n) is 3.79. The number of hydrogen-bond acceptors (Lipinski definition) is 4. The summed E-state index contributed by atoms with van der Waals surface area (Å²) in [7, 11) is 1.70. The lowest BCUT2D eigenvalue weighted by Crippen LogP contribution is -2.10. The predicted molar refractivity (Wildman–Crippen MR) is 103 cm³/mol. The first-order valence-corrected chi connectivity index (χ1v) is 8.04. The van der Waals surface area contributed by atoms with Gasteiger partial charge in [0.1, 0.15) is 5.71 Å². The van der Waals surface area contributed by atoms with E-state index >= 15 is 0 Å². The van der Waals surface area contributed by atoms with Crippen LogP contribution in [-0.2, 0) is 0 Å². The van der Waals surface area contributed by atoms with E-state index in [0.717, 1.165) is 11.1 Å². The number of rotatable bonds is 3. The van der Waals surface area contributed by atoms with Crippen LogP contribution in [0.25, 0.3) is 0 Å². The van der Waals surface area contributed by atoms with Gasteiger partial charge in [-0.25, -0.2) is 0 Å². The van der Waals surface area contributed by atoms with Gasteiger partial charge in [-0.2, -0.15) is 0 Å². The molecule has 4 nitrogen and oxygen atoms in total. The Balaban J connectivity index is 0. The Morgan fingerprint density at radius 1 is 1.22 bits per heavy atom. The van der Waals surface area contributed by atoms with Crippen LogP contribution in [0.15, 0.2) is 45.8 Å². The summed E-state index contributed by atoms with van der Waals surface area (Å²) in [5, 5.41) is 0. The van der Waals surface area contributed by atoms with Crippen LogP contribution in [0.3, 0.4) is 0 Å². The molecule has 4 heteroatoms. The van der Waals surface area contributed by atoms with Crippen LogP contribution in [0.4, 0.5) is 0 Å². The number of pyridine rings is 1. The quantitative estimate of drug-likeness (QED) is 0.679. The van der Waals surface area contributed by atoms with Gasteiger partial charge in [-0.05, 0) is 31.9 Å². The smallest absolute Gasteiger partial charge is 0.118 e. The summed E-state index contributed by atoms with van der Waals surface area (Å²) in [4.78, 5) is 12.3. The van der Waals surface area contributed by atoms with Gasteiger partial charge in [-0.15, -0.1) is 0 Å². The fraction of sp³-hybridized carbons (Fsp3) is 0.421. The maximum atomic E-state index is 5.85. The lowest BCUT2D eigenvalue weighted by Gasteiger charge is -2.02. The lowest BCUT2D eigenvalue weighted by atomic mass is 10.1. The summed E-state index contributed by atoms with van der Waals surface area (Å²) < 4.78 is 0. The van der Waals surface area contributed by atoms with Crippen LogP contribution in [0.2, 0.25) is 0 Å². The number of hydrogen-bond donors (Lipinski definition) is 1. The lowest BCUT2D eigenvalue weighted by molar-refractivity contribution is 1.13. The minimum absolute atomic E-state index is 0.648. The molecule has 2 N–H and O–H groups in total. The maximum absolute atomic E-state index is 5.85. The summed E-state index contributed by atoms with van der Waals surface area (Å²) in [5.41, 5.74) is 8.82. The molecular formula is C19H30N4. The first-order chi connectivity index (χ1) is 11.2. The number of nitrogens with two attached hydrogens (primary N) is 1. The van der Waals surface area contributed by atoms with E-state index in [-0.39, 0.29) is 0 Å². The Kier molecular flexibility index (Phi) is 15.9. The first-order valence-electron chi connectivity index (χ1n) is 8.04. The molecule has 0 saturated carbocycles. The molecule has 0 aliphatic rings. The summed E-state index contributed by atoms with van der Waals surface area (Å²) in [6.45, 7) is 12.4. The van der Waals surface area contributed by atoms with Crippen molar-refractivity contribution in [1.29, 1.82) is 0 Å². The molecule has 0 bridgehead atoms. The number of nitrogens with zero attached hydrogens (tertiary/aromatic N) is 3. The third-order valence-electron chi connectivity index (χ3n) is 2.26. The van der Waals surface area contributed by atoms with Crippen molar-refractivity contribution in [2.45, 2.75) is 41.5 Å². The molecule has 0 spiro atoms. The highest BCUT2D eigenvalue weighted by Crippen LogP contribution is 2.01. The molecule has 0 aromatic carbocycles. The summed E-state index contributed by atoms with van der Waals surface area (Å²) in [6.07, 6.45) is 5.10. The Morgan fingerprint density at radius 3 is 2.22 bits per heavy atom. The molecule has 1 aromatic heterocycles. The topological polar surface area (TPSA) is 63.6 Å². The van der Waals surface area contributed by atoms with Gasteiger partial charge in [0.2, 0.25) is 0 Å². The van der Waals surface area contributed by atoms with Gasteiger partial charge in [0, 0.05) is 49.0 Å². The molecule has 0 fully saturated rings.